The zero-order valence-electron chi connectivity index (χ0n) is 25.3. The molecule has 1 N–H and O–H groups in total. The number of nitrogens with zero attached hydrogens (tertiary/aromatic N) is 3. The van der Waals surface area contributed by atoms with Crippen LogP contribution in [-0.4, -0.2) is 39.7 Å². The molecule has 0 unspecified atom stereocenters. The summed E-state index contributed by atoms with van der Waals surface area (Å²) in [5, 5.41) is 21.6. The van der Waals surface area contributed by atoms with Crippen molar-refractivity contribution < 1.29 is 24.2 Å². The first-order valence-corrected chi connectivity index (χ1v) is 17.4. The first-order valence-electron chi connectivity index (χ1n) is 14.8. The molecule has 3 heterocycles. The van der Waals surface area contributed by atoms with Gasteiger partial charge in [0.25, 0.3) is 5.78 Å². The summed E-state index contributed by atoms with van der Waals surface area (Å²) >= 11 is 15.0. The molecule has 12 heteroatoms. The minimum absolute atomic E-state index is 0.0107. The average Bonchev–Trinajstić information content (AvgIpc) is 3.71. The molecule has 0 spiro atoms. The van der Waals surface area contributed by atoms with Gasteiger partial charge in [0.15, 0.2) is 4.34 Å². The number of hydrogen-bond donors (Lipinski definition) is 1. The Bertz CT molecular complexity index is 1840. The Hall–Kier alpha value is -3.57. The number of rotatable bonds is 10. The number of ether oxygens (including phenoxy) is 2. The van der Waals surface area contributed by atoms with E-state index in [0.29, 0.717) is 56.0 Å². The fourth-order valence-electron chi connectivity index (χ4n) is 5.39. The fourth-order valence-corrected chi connectivity index (χ4v) is 7.82. The molecule has 238 valence electrons. The number of anilines is 1. The minimum Gasteiger partial charge on any atom is -0.507 e. The SMILES string of the molecule is CC(C)CCOc1cccc([C@@H]2C(=C(O)c3ccc4c(c3)C[C@H](C)O4)C(=O)C(=O)N2c2nnc(SCc3ccc(Cl)cc3Cl)s2)c1. The van der Waals surface area contributed by atoms with Crippen LogP contribution in [0.25, 0.3) is 5.76 Å². The van der Waals surface area contributed by atoms with Crippen molar-refractivity contribution in [2.75, 3.05) is 11.5 Å². The van der Waals surface area contributed by atoms with Crippen LogP contribution in [0.15, 0.2) is 70.6 Å². The van der Waals surface area contributed by atoms with Crippen LogP contribution in [0.2, 0.25) is 10.0 Å². The van der Waals surface area contributed by atoms with Crippen LogP contribution in [0.4, 0.5) is 5.13 Å². The van der Waals surface area contributed by atoms with Crippen molar-refractivity contribution in [3.05, 3.63) is 98.5 Å². The molecule has 0 bridgehead atoms. The van der Waals surface area contributed by atoms with Crippen molar-refractivity contribution in [1.29, 1.82) is 0 Å². The summed E-state index contributed by atoms with van der Waals surface area (Å²) in [4.78, 5) is 28.8. The van der Waals surface area contributed by atoms with Crippen molar-refractivity contribution in [3.63, 3.8) is 0 Å². The Morgan fingerprint density at radius 1 is 1.13 bits per heavy atom. The number of thioether (sulfide) groups is 1. The van der Waals surface area contributed by atoms with Crippen LogP contribution < -0.4 is 14.4 Å². The predicted octanol–water partition coefficient (Wildman–Crippen LogP) is 8.51. The van der Waals surface area contributed by atoms with Crippen LogP contribution in [0.3, 0.4) is 0 Å². The topological polar surface area (TPSA) is 102 Å². The van der Waals surface area contributed by atoms with Gasteiger partial charge in [-0.15, -0.1) is 10.2 Å². The molecule has 8 nitrogen and oxygen atoms in total. The zero-order valence-corrected chi connectivity index (χ0v) is 28.5. The molecule has 3 aromatic carbocycles. The van der Waals surface area contributed by atoms with Crippen LogP contribution in [0.1, 0.15) is 55.5 Å². The van der Waals surface area contributed by atoms with E-state index in [2.05, 4.69) is 24.0 Å². The molecule has 4 aromatic rings. The van der Waals surface area contributed by atoms with Gasteiger partial charge in [-0.2, -0.15) is 0 Å². The fraction of sp³-hybridized carbons (Fsp3) is 0.294. The summed E-state index contributed by atoms with van der Waals surface area (Å²) in [6, 6.07) is 16.9. The minimum atomic E-state index is -0.964. The number of halogens is 2. The standard InChI is InChI=1S/C34H31Cl2N3O5S2/c1-18(2)11-12-43-25-6-4-5-20(15-25)29-28(30(40)21-8-10-27-23(14-21)13-19(3)44-27)31(41)32(42)39(29)33-37-38-34(46-33)45-17-22-7-9-24(35)16-26(22)36/h4-10,14-16,18-19,29,40H,11-13,17H2,1-3H3/t19-,29+/m0/s1. The molecule has 2 aliphatic rings. The van der Waals surface area contributed by atoms with Crippen molar-refractivity contribution in [2.45, 2.75) is 55.9 Å². The maximum absolute atomic E-state index is 13.7. The number of carbonyl (C=O) groups is 2. The summed E-state index contributed by atoms with van der Waals surface area (Å²) in [5.41, 5.74) is 2.79. The lowest BCUT2D eigenvalue weighted by Gasteiger charge is -2.23. The van der Waals surface area contributed by atoms with Gasteiger partial charge < -0.3 is 14.6 Å². The Labute approximate surface area is 285 Å². The highest BCUT2D eigenvalue weighted by Crippen LogP contribution is 2.45. The van der Waals surface area contributed by atoms with Crippen LogP contribution in [0, 0.1) is 5.92 Å². The first kappa shape index (κ1) is 32.4. The van der Waals surface area contributed by atoms with Crippen molar-refractivity contribution >= 4 is 68.9 Å². The number of fused-ring (bicyclic) bond motifs is 1. The van der Waals surface area contributed by atoms with Gasteiger partial charge >= 0.3 is 5.91 Å². The smallest absolute Gasteiger partial charge is 0.301 e. The van der Waals surface area contributed by atoms with E-state index in [1.807, 2.05) is 37.3 Å². The molecule has 46 heavy (non-hydrogen) atoms. The molecule has 1 saturated heterocycles. The summed E-state index contributed by atoms with van der Waals surface area (Å²) in [6.07, 6.45) is 1.56. The van der Waals surface area contributed by atoms with Crippen LogP contribution in [0.5, 0.6) is 11.5 Å². The molecule has 1 fully saturated rings. The molecule has 2 atom stereocenters. The Morgan fingerprint density at radius 3 is 2.74 bits per heavy atom. The van der Waals surface area contributed by atoms with Crippen molar-refractivity contribution in [3.8, 4) is 11.5 Å². The third-order valence-electron chi connectivity index (χ3n) is 7.72. The van der Waals surface area contributed by atoms with E-state index in [1.165, 1.54) is 28.0 Å². The number of hydrogen-bond acceptors (Lipinski definition) is 9. The molecule has 1 aromatic heterocycles. The molecule has 0 saturated carbocycles. The van der Waals surface area contributed by atoms with Gasteiger partial charge in [-0.3, -0.25) is 14.5 Å². The number of carbonyl (C=O) groups excluding carboxylic acids is 2. The van der Waals surface area contributed by atoms with Gasteiger partial charge in [0.05, 0.1) is 18.2 Å². The largest absolute Gasteiger partial charge is 0.507 e. The summed E-state index contributed by atoms with van der Waals surface area (Å²) in [7, 11) is 0. The number of aromatic nitrogens is 2. The Balaban J connectivity index is 1.37. The lowest BCUT2D eigenvalue weighted by Crippen LogP contribution is -2.29. The van der Waals surface area contributed by atoms with Gasteiger partial charge in [-0.25, -0.2) is 0 Å². The van der Waals surface area contributed by atoms with E-state index in [4.69, 9.17) is 32.7 Å². The second kappa shape index (κ2) is 13.7. The molecule has 0 aliphatic carbocycles. The van der Waals surface area contributed by atoms with Crippen LogP contribution in [-0.2, 0) is 21.8 Å². The van der Waals surface area contributed by atoms with E-state index >= 15 is 0 Å². The molecule has 1 amide bonds. The average molecular weight is 697 g/mol. The third kappa shape index (κ3) is 6.76. The number of Topliss-reactive ketones (excluding diaryl/α,β-unsaturated/α-hetero) is 1. The van der Waals surface area contributed by atoms with Gasteiger partial charge in [0.1, 0.15) is 23.4 Å². The van der Waals surface area contributed by atoms with E-state index in [-0.39, 0.29) is 22.6 Å². The quantitative estimate of drug-likeness (QED) is 0.0579. The summed E-state index contributed by atoms with van der Waals surface area (Å²) in [5.74, 6) is 0.433. The summed E-state index contributed by atoms with van der Waals surface area (Å²) in [6.45, 7) is 6.74. The molecule has 6 rings (SSSR count). The van der Waals surface area contributed by atoms with Gasteiger partial charge in [0, 0.05) is 27.8 Å². The second-order valence-electron chi connectivity index (χ2n) is 11.6. The summed E-state index contributed by atoms with van der Waals surface area (Å²) < 4.78 is 12.4. The van der Waals surface area contributed by atoms with Crippen LogP contribution >= 0.6 is 46.3 Å². The van der Waals surface area contributed by atoms with Gasteiger partial charge in [-0.1, -0.05) is 78.3 Å². The van der Waals surface area contributed by atoms with Crippen molar-refractivity contribution in [1.82, 2.24) is 10.2 Å². The lowest BCUT2D eigenvalue weighted by atomic mass is 9.94. The third-order valence-corrected chi connectivity index (χ3v) is 10.4. The number of aliphatic hydroxyl groups is 1. The molecule has 0 radical (unpaired) electrons. The van der Waals surface area contributed by atoms with Gasteiger partial charge in [-0.05, 0) is 78.4 Å². The maximum atomic E-state index is 13.7. The predicted molar refractivity (Wildman–Crippen MR) is 182 cm³/mol. The van der Waals surface area contributed by atoms with E-state index in [1.54, 1.807) is 30.3 Å². The van der Waals surface area contributed by atoms with E-state index in [0.717, 1.165) is 23.3 Å². The highest BCUT2D eigenvalue weighted by Gasteiger charge is 2.48. The molecular weight excluding hydrogens is 665 g/mol. The van der Waals surface area contributed by atoms with Crippen molar-refractivity contribution in [2.24, 2.45) is 5.92 Å². The lowest BCUT2D eigenvalue weighted by molar-refractivity contribution is -0.132. The second-order valence-corrected chi connectivity index (χ2v) is 14.6. The zero-order chi connectivity index (χ0) is 32.5. The maximum Gasteiger partial charge on any atom is 0.301 e. The first-order chi connectivity index (χ1) is 22.1. The number of ketones is 1. The highest BCUT2D eigenvalue weighted by molar-refractivity contribution is 8.00. The monoisotopic (exact) mass is 695 g/mol. The Kier molecular flexibility index (Phi) is 9.61. The number of aliphatic hydroxyl groups excluding tert-OH is 1. The number of amides is 1. The normalized spacial score (nSPS) is 18.7. The highest BCUT2D eigenvalue weighted by atomic mass is 35.5. The Morgan fingerprint density at radius 2 is 1.96 bits per heavy atom. The molecule has 2 aliphatic heterocycles. The van der Waals surface area contributed by atoms with E-state index < -0.39 is 17.7 Å². The molecular formula is C34H31Cl2N3O5S2. The van der Waals surface area contributed by atoms with E-state index in [9.17, 15) is 14.7 Å². The van der Waals surface area contributed by atoms with Gasteiger partial charge in [0.2, 0.25) is 5.13 Å². The number of benzene rings is 3.